The largest absolute Gasteiger partial charge is 0.390 e. The summed E-state index contributed by atoms with van der Waals surface area (Å²) in [6.07, 6.45) is 4.18. The van der Waals surface area contributed by atoms with E-state index in [0.717, 1.165) is 25.7 Å². The van der Waals surface area contributed by atoms with E-state index in [4.69, 9.17) is 0 Å². The summed E-state index contributed by atoms with van der Waals surface area (Å²) in [4.78, 5) is 4.08. The molecular formula is C10H17NOS. The first-order valence-electron chi connectivity index (χ1n) is 4.83. The summed E-state index contributed by atoms with van der Waals surface area (Å²) in [6.45, 7) is 3.78. The Morgan fingerprint density at radius 3 is 2.23 bits per heavy atom. The van der Waals surface area contributed by atoms with E-state index >= 15 is 0 Å². The smallest absolute Gasteiger partial charge is 0.0619 e. The lowest BCUT2D eigenvalue weighted by Gasteiger charge is -2.34. The number of isothiocyanates is 1. The third-order valence-electron chi connectivity index (χ3n) is 2.93. The maximum absolute atomic E-state index is 9.79. The lowest BCUT2D eigenvalue weighted by atomic mass is 9.77. The van der Waals surface area contributed by atoms with Crippen LogP contribution in [-0.2, 0) is 0 Å². The first-order valence-corrected chi connectivity index (χ1v) is 5.24. The molecular weight excluding hydrogens is 182 g/mol. The number of thiocarbonyl (C=S) groups is 1. The first kappa shape index (κ1) is 10.8. The van der Waals surface area contributed by atoms with E-state index in [2.05, 4.69) is 22.4 Å². The maximum atomic E-state index is 9.79. The number of hydrogen-bond donors (Lipinski definition) is 1. The summed E-state index contributed by atoms with van der Waals surface area (Å²) in [6, 6.07) is 0.357. The van der Waals surface area contributed by atoms with Gasteiger partial charge in [-0.1, -0.05) is 0 Å². The van der Waals surface area contributed by atoms with Crippen LogP contribution in [0.5, 0.6) is 0 Å². The molecule has 1 rings (SSSR count). The van der Waals surface area contributed by atoms with Crippen molar-refractivity contribution in [1.29, 1.82) is 0 Å². The summed E-state index contributed by atoms with van der Waals surface area (Å²) in [5.41, 5.74) is -0.535. The van der Waals surface area contributed by atoms with Crippen molar-refractivity contribution < 1.29 is 5.11 Å². The fraction of sp³-hybridized carbons (Fsp3) is 0.900. The second kappa shape index (κ2) is 4.32. The van der Waals surface area contributed by atoms with Gasteiger partial charge in [-0.3, -0.25) is 0 Å². The summed E-state index contributed by atoms with van der Waals surface area (Å²) in [5, 5.41) is 12.2. The Hall–Kier alpha value is -0.240. The molecule has 0 bridgehead atoms. The van der Waals surface area contributed by atoms with Gasteiger partial charge in [0.2, 0.25) is 0 Å². The predicted octanol–water partition coefficient (Wildman–Crippen LogP) is 2.42. The van der Waals surface area contributed by atoms with Gasteiger partial charge in [-0.15, -0.1) is 0 Å². The summed E-state index contributed by atoms with van der Waals surface area (Å²) < 4.78 is 0. The van der Waals surface area contributed by atoms with Crippen LogP contribution in [0.25, 0.3) is 0 Å². The Morgan fingerprint density at radius 1 is 1.31 bits per heavy atom. The van der Waals surface area contributed by atoms with E-state index in [1.807, 2.05) is 13.8 Å². The molecule has 1 saturated carbocycles. The van der Waals surface area contributed by atoms with Gasteiger partial charge >= 0.3 is 0 Å². The van der Waals surface area contributed by atoms with E-state index in [-0.39, 0.29) is 0 Å². The van der Waals surface area contributed by atoms with Crippen LogP contribution in [0.15, 0.2) is 4.99 Å². The molecule has 0 radical (unpaired) electrons. The van der Waals surface area contributed by atoms with Crippen molar-refractivity contribution in [3.8, 4) is 0 Å². The molecule has 1 N–H and O–H groups in total. The molecule has 0 aromatic rings. The van der Waals surface area contributed by atoms with E-state index < -0.39 is 5.60 Å². The first-order chi connectivity index (χ1) is 6.04. The summed E-state index contributed by atoms with van der Waals surface area (Å²) in [7, 11) is 0. The maximum Gasteiger partial charge on any atom is 0.0619 e. The summed E-state index contributed by atoms with van der Waals surface area (Å²) >= 11 is 4.57. The van der Waals surface area contributed by atoms with Crippen molar-refractivity contribution in [2.24, 2.45) is 10.9 Å². The van der Waals surface area contributed by atoms with Crippen molar-refractivity contribution in [2.45, 2.75) is 51.2 Å². The molecule has 0 aromatic heterocycles. The number of aliphatic hydroxyl groups is 1. The van der Waals surface area contributed by atoms with Gasteiger partial charge in [0.15, 0.2) is 0 Å². The normalized spacial score (nSPS) is 29.5. The van der Waals surface area contributed by atoms with Crippen LogP contribution in [0, 0.1) is 5.92 Å². The molecule has 0 heterocycles. The van der Waals surface area contributed by atoms with Crippen LogP contribution < -0.4 is 0 Å². The fourth-order valence-corrected chi connectivity index (χ4v) is 2.13. The number of rotatable bonds is 2. The van der Waals surface area contributed by atoms with Gasteiger partial charge in [0.05, 0.1) is 16.8 Å². The van der Waals surface area contributed by atoms with Crippen LogP contribution in [0.1, 0.15) is 39.5 Å². The van der Waals surface area contributed by atoms with Gasteiger partial charge < -0.3 is 5.11 Å². The van der Waals surface area contributed by atoms with Crippen molar-refractivity contribution >= 4 is 17.4 Å². The molecule has 74 valence electrons. The topological polar surface area (TPSA) is 32.6 Å². The minimum absolute atomic E-state index is 0.357. The van der Waals surface area contributed by atoms with Gasteiger partial charge in [-0.25, -0.2) is 4.99 Å². The van der Waals surface area contributed by atoms with Crippen LogP contribution >= 0.6 is 12.2 Å². The molecule has 1 fully saturated rings. The second-order valence-corrected chi connectivity index (χ2v) is 4.56. The van der Waals surface area contributed by atoms with Gasteiger partial charge in [-0.05, 0) is 57.7 Å². The monoisotopic (exact) mass is 199 g/mol. The SMILES string of the molecule is CC(C)(O)C1CCC(N=C=S)CC1. The average molecular weight is 199 g/mol. The third kappa shape index (κ3) is 3.18. The van der Waals surface area contributed by atoms with Crippen LogP contribution in [-0.4, -0.2) is 21.9 Å². The Labute approximate surface area is 85.1 Å². The Bertz CT molecular complexity index is 207. The lowest BCUT2D eigenvalue weighted by Crippen LogP contribution is -2.34. The van der Waals surface area contributed by atoms with Gasteiger partial charge in [0.1, 0.15) is 0 Å². The van der Waals surface area contributed by atoms with Gasteiger partial charge in [0.25, 0.3) is 0 Å². The van der Waals surface area contributed by atoms with Crippen molar-refractivity contribution in [3.05, 3.63) is 0 Å². The molecule has 13 heavy (non-hydrogen) atoms. The molecule has 0 unspecified atom stereocenters. The standard InChI is InChI=1S/C10H17NOS/c1-10(2,12)8-3-5-9(6-4-8)11-7-13/h8-9,12H,3-6H2,1-2H3. The minimum Gasteiger partial charge on any atom is -0.390 e. The second-order valence-electron chi connectivity index (χ2n) is 4.38. The van der Waals surface area contributed by atoms with Crippen LogP contribution in [0.4, 0.5) is 0 Å². The van der Waals surface area contributed by atoms with Crippen LogP contribution in [0.3, 0.4) is 0 Å². The Kier molecular flexibility index (Phi) is 3.60. The molecule has 0 saturated heterocycles. The van der Waals surface area contributed by atoms with E-state index in [0.29, 0.717) is 12.0 Å². The highest BCUT2D eigenvalue weighted by molar-refractivity contribution is 7.78. The molecule has 0 aliphatic heterocycles. The highest BCUT2D eigenvalue weighted by atomic mass is 32.1. The molecule has 0 spiro atoms. The van der Waals surface area contributed by atoms with Crippen molar-refractivity contribution in [3.63, 3.8) is 0 Å². The summed E-state index contributed by atoms with van der Waals surface area (Å²) in [5.74, 6) is 0.420. The predicted molar refractivity (Wildman–Crippen MR) is 57.1 cm³/mol. The Morgan fingerprint density at radius 2 is 1.85 bits per heavy atom. The van der Waals surface area contributed by atoms with E-state index in [1.54, 1.807) is 0 Å². The van der Waals surface area contributed by atoms with Crippen molar-refractivity contribution in [1.82, 2.24) is 0 Å². The molecule has 0 aromatic carbocycles. The van der Waals surface area contributed by atoms with Gasteiger partial charge in [0, 0.05) is 0 Å². The molecule has 0 atom stereocenters. The third-order valence-corrected chi connectivity index (χ3v) is 3.04. The molecule has 0 amide bonds. The van der Waals surface area contributed by atoms with E-state index in [1.165, 1.54) is 0 Å². The zero-order valence-electron chi connectivity index (χ0n) is 8.29. The fourth-order valence-electron chi connectivity index (χ4n) is 1.99. The van der Waals surface area contributed by atoms with E-state index in [9.17, 15) is 5.11 Å². The molecule has 3 heteroatoms. The number of hydrogen-bond acceptors (Lipinski definition) is 3. The van der Waals surface area contributed by atoms with Gasteiger partial charge in [-0.2, -0.15) is 0 Å². The highest BCUT2D eigenvalue weighted by Crippen LogP contribution is 2.33. The zero-order valence-corrected chi connectivity index (χ0v) is 9.10. The lowest BCUT2D eigenvalue weighted by molar-refractivity contribution is -0.00104. The van der Waals surface area contributed by atoms with Crippen molar-refractivity contribution in [2.75, 3.05) is 0 Å². The number of nitrogens with zero attached hydrogens (tertiary/aromatic N) is 1. The van der Waals surface area contributed by atoms with Crippen LogP contribution in [0.2, 0.25) is 0 Å². The number of aliphatic imine (C=N–C) groups is 1. The molecule has 1 aliphatic carbocycles. The Balaban J connectivity index is 2.43. The average Bonchev–Trinajstić information content (AvgIpc) is 2.04. The molecule has 2 nitrogen and oxygen atoms in total. The zero-order chi connectivity index (χ0) is 9.90. The minimum atomic E-state index is -0.535. The molecule has 1 aliphatic rings. The quantitative estimate of drug-likeness (QED) is 0.547. The highest BCUT2D eigenvalue weighted by Gasteiger charge is 2.30.